The number of anilines is 1. The number of ether oxygens (including phenoxy) is 1. The molecule has 5 rings (SSSR count). The third-order valence-electron chi connectivity index (χ3n) is 6.65. The minimum absolute atomic E-state index is 0. The number of rotatable bonds is 3. The van der Waals surface area contributed by atoms with Gasteiger partial charge in [-0.05, 0) is 37.3 Å². The summed E-state index contributed by atoms with van der Waals surface area (Å²) in [5.41, 5.74) is 1.21. The van der Waals surface area contributed by atoms with Crippen molar-refractivity contribution in [3.05, 3.63) is 23.9 Å². The topological polar surface area (TPSA) is 53.0 Å². The van der Waals surface area contributed by atoms with Gasteiger partial charge in [-0.1, -0.05) is 6.07 Å². The van der Waals surface area contributed by atoms with E-state index in [1.54, 1.807) is 0 Å². The lowest BCUT2D eigenvalue weighted by Gasteiger charge is -2.23. The number of likely N-dealkylation sites (tertiary alicyclic amines) is 1. The second-order valence-electron chi connectivity index (χ2n) is 8.14. The van der Waals surface area contributed by atoms with Gasteiger partial charge in [0.15, 0.2) is 5.96 Å². The number of hydrogen-bond donors (Lipinski definition) is 1. The molecule has 4 saturated heterocycles. The van der Waals surface area contributed by atoms with Crippen LogP contribution in [0.15, 0.2) is 23.3 Å². The van der Waals surface area contributed by atoms with Gasteiger partial charge in [-0.3, -0.25) is 4.99 Å². The molecule has 4 atom stereocenters. The Balaban J connectivity index is 0.00000180. The number of aliphatic imine (C=N–C) groups is 1. The molecule has 0 radical (unpaired) electrons. The van der Waals surface area contributed by atoms with Gasteiger partial charge >= 0.3 is 0 Å². The minimum atomic E-state index is 0. The summed E-state index contributed by atoms with van der Waals surface area (Å²) < 4.78 is 6.08. The maximum absolute atomic E-state index is 6.08. The minimum Gasteiger partial charge on any atom is -0.374 e. The molecule has 148 valence electrons. The summed E-state index contributed by atoms with van der Waals surface area (Å²) in [4.78, 5) is 14.0. The van der Waals surface area contributed by atoms with Gasteiger partial charge in [-0.25, -0.2) is 4.98 Å². The zero-order valence-corrected chi connectivity index (χ0v) is 18.3. The first-order valence-corrected chi connectivity index (χ1v) is 10.1. The van der Waals surface area contributed by atoms with E-state index in [0.29, 0.717) is 24.0 Å². The molecule has 0 spiro atoms. The molecule has 4 unspecified atom stereocenters. The Morgan fingerprint density at radius 3 is 2.48 bits per heavy atom. The number of pyridine rings is 1. The lowest BCUT2D eigenvalue weighted by Crippen LogP contribution is -2.41. The smallest absolute Gasteiger partial charge is 0.193 e. The Kier molecular flexibility index (Phi) is 5.78. The van der Waals surface area contributed by atoms with Crippen LogP contribution in [0.5, 0.6) is 0 Å². The Bertz CT molecular complexity index is 657. The quantitative estimate of drug-likeness (QED) is 0.407. The predicted molar refractivity (Wildman–Crippen MR) is 118 cm³/mol. The average molecular weight is 483 g/mol. The fourth-order valence-electron chi connectivity index (χ4n) is 5.30. The molecule has 4 fully saturated rings. The third kappa shape index (κ3) is 3.64. The Morgan fingerprint density at radius 1 is 1.19 bits per heavy atom. The van der Waals surface area contributed by atoms with Crippen LogP contribution >= 0.6 is 24.0 Å². The first-order chi connectivity index (χ1) is 12.8. The van der Waals surface area contributed by atoms with Crippen LogP contribution in [0.25, 0.3) is 0 Å². The molecule has 5 heterocycles. The number of guanidine groups is 1. The normalized spacial score (nSPS) is 32.0. The summed E-state index contributed by atoms with van der Waals surface area (Å²) >= 11 is 0. The third-order valence-corrected chi connectivity index (χ3v) is 6.65. The Hall–Kier alpha value is -1.09. The van der Waals surface area contributed by atoms with Gasteiger partial charge in [0.1, 0.15) is 5.82 Å². The van der Waals surface area contributed by atoms with Crippen molar-refractivity contribution in [3.8, 4) is 0 Å². The molecule has 0 aromatic carbocycles. The number of fused-ring (bicyclic) bond motifs is 5. The fourth-order valence-corrected chi connectivity index (χ4v) is 5.30. The van der Waals surface area contributed by atoms with Gasteiger partial charge in [-0.15, -0.1) is 24.0 Å². The molecule has 4 aliphatic heterocycles. The van der Waals surface area contributed by atoms with Crippen LogP contribution in [0.4, 0.5) is 5.82 Å². The zero-order valence-electron chi connectivity index (χ0n) is 16.0. The van der Waals surface area contributed by atoms with Crippen molar-refractivity contribution in [1.82, 2.24) is 15.2 Å². The molecule has 4 aliphatic rings. The van der Waals surface area contributed by atoms with Crippen LogP contribution in [0.3, 0.4) is 0 Å². The number of halogens is 1. The maximum Gasteiger partial charge on any atom is 0.193 e. The predicted octanol–water partition coefficient (Wildman–Crippen LogP) is 2.48. The number of aromatic nitrogens is 1. The SMILES string of the molecule is CN=C(NCc1ccc(N2CCCC2)nc1)N1CC2C3CCC(O3)C2C1.I. The van der Waals surface area contributed by atoms with Crippen LogP contribution < -0.4 is 10.2 Å². The van der Waals surface area contributed by atoms with E-state index < -0.39 is 0 Å². The monoisotopic (exact) mass is 483 g/mol. The van der Waals surface area contributed by atoms with Crippen LogP contribution in [0, 0.1) is 11.8 Å². The first kappa shape index (κ1) is 19.2. The van der Waals surface area contributed by atoms with Crippen molar-refractivity contribution in [2.75, 3.05) is 38.1 Å². The van der Waals surface area contributed by atoms with Crippen molar-refractivity contribution in [2.45, 2.75) is 44.4 Å². The average Bonchev–Trinajstić information content (AvgIpc) is 3.44. The number of hydrogen-bond acceptors (Lipinski definition) is 4. The summed E-state index contributed by atoms with van der Waals surface area (Å²) in [6.07, 6.45) is 8.06. The largest absolute Gasteiger partial charge is 0.374 e. The van der Waals surface area contributed by atoms with Crippen LogP contribution in [0.2, 0.25) is 0 Å². The molecule has 0 aliphatic carbocycles. The number of nitrogens with one attached hydrogen (secondary N) is 1. The van der Waals surface area contributed by atoms with Gasteiger partial charge in [0, 0.05) is 57.8 Å². The van der Waals surface area contributed by atoms with E-state index >= 15 is 0 Å². The van der Waals surface area contributed by atoms with Crippen molar-refractivity contribution in [1.29, 1.82) is 0 Å². The molecule has 6 nitrogen and oxygen atoms in total. The molecule has 1 N–H and O–H groups in total. The summed E-state index contributed by atoms with van der Waals surface area (Å²) in [7, 11) is 1.89. The summed E-state index contributed by atoms with van der Waals surface area (Å²) in [6, 6.07) is 4.34. The first-order valence-electron chi connectivity index (χ1n) is 10.1. The van der Waals surface area contributed by atoms with E-state index in [9.17, 15) is 0 Å². The lowest BCUT2D eigenvalue weighted by molar-refractivity contribution is 0.0767. The molecular formula is C20H30IN5O. The van der Waals surface area contributed by atoms with Crippen LogP contribution in [0.1, 0.15) is 31.2 Å². The highest BCUT2D eigenvalue weighted by Crippen LogP contribution is 2.47. The van der Waals surface area contributed by atoms with Crippen molar-refractivity contribution in [2.24, 2.45) is 16.8 Å². The van der Waals surface area contributed by atoms with E-state index in [2.05, 4.69) is 37.2 Å². The van der Waals surface area contributed by atoms with E-state index in [1.165, 1.54) is 31.2 Å². The highest BCUT2D eigenvalue weighted by molar-refractivity contribution is 14.0. The molecule has 2 bridgehead atoms. The molecule has 0 saturated carbocycles. The summed E-state index contributed by atoms with van der Waals surface area (Å²) in [5.74, 6) is 3.53. The van der Waals surface area contributed by atoms with Gasteiger partial charge < -0.3 is 19.9 Å². The van der Waals surface area contributed by atoms with Crippen LogP contribution in [-0.2, 0) is 11.3 Å². The zero-order chi connectivity index (χ0) is 17.5. The van der Waals surface area contributed by atoms with E-state index in [-0.39, 0.29) is 24.0 Å². The van der Waals surface area contributed by atoms with Gasteiger partial charge in [0.2, 0.25) is 0 Å². The second kappa shape index (κ2) is 8.11. The molecule has 27 heavy (non-hydrogen) atoms. The van der Waals surface area contributed by atoms with Gasteiger partial charge in [0.25, 0.3) is 0 Å². The maximum atomic E-state index is 6.08. The molecule has 1 aromatic heterocycles. The molecular weight excluding hydrogens is 453 g/mol. The molecule has 7 heteroatoms. The lowest BCUT2D eigenvalue weighted by atomic mass is 9.82. The van der Waals surface area contributed by atoms with E-state index in [1.807, 2.05) is 13.2 Å². The van der Waals surface area contributed by atoms with Crippen molar-refractivity contribution in [3.63, 3.8) is 0 Å². The molecule has 0 amide bonds. The van der Waals surface area contributed by atoms with Gasteiger partial charge in [0.05, 0.1) is 12.2 Å². The van der Waals surface area contributed by atoms with Crippen LogP contribution in [-0.4, -0.2) is 61.3 Å². The Morgan fingerprint density at radius 2 is 1.89 bits per heavy atom. The molecule has 1 aromatic rings. The summed E-state index contributed by atoms with van der Waals surface area (Å²) in [6.45, 7) is 5.21. The standard InChI is InChI=1S/C20H29N5O.HI/c1-21-20(25-12-15-16(13-25)18-6-5-17(15)26-18)23-11-14-4-7-19(22-10-14)24-8-2-3-9-24;/h4,7,10,15-18H,2-3,5-6,8-9,11-13H2,1H3,(H,21,23);1H. The fraction of sp³-hybridized carbons (Fsp3) is 0.700. The Labute approximate surface area is 178 Å². The van der Waals surface area contributed by atoms with E-state index in [4.69, 9.17) is 4.74 Å². The highest BCUT2D eigenvalue weighted by atomic mass is 127. The second-order valence-corrected chi connectivity index (χ2v) is 8.14. The number of nitrogens with zero attached hydrogens (tertiary/aromatic N) is 4. The van der Waals surface area contributed by atoms with E-state index in [0.717, 1.165) is 44.5 Å². The van der Waals surface area contributed by atoms with Gasteiger partial charge in [-0.2, -0.15) is 0 Å². The van der Waals surface area contributed by atoms with Crippen molar-refractivity contribution >= 4 is 35.8 Å². The highest BCUT2D eigenvalue weighted by Gasteiger charge is 2.53. The van der Waals surface area contributed by atoms with Crippen molar-refractivity contribution < 1.29 is 4.74 Å². The summed E-state index contributed by atoms with van der Waals surface area (Å²) in [5, 5.41) is 3.54.